The Hall–Kier alpha value is -2.62. The molecule has 3 rings (SSSR count). The lowest BCUT2D eigenvalue weighted by Gasteiger charge is -2.20. The van der Waals surface area contributed by atoms with Crippen LogP contribution in [-0.4, -0.2) is 34.2 Å². The third-order valence-corrected chi connectivity index (χ3v) is 6.27. The zero-order chi connectivity index (χ0) is 22.1. The van der Waals surface area contributed by atoms with Crippen LogP contribution in [0.3, 0.4) is 0 Å². The van der Waals surface area contributed by atoms with Crippen LogP contribution < -0.4 is 10.6 Å². The largest absolute Gasteiger partial charge is 0.356 e. The van der Waals surface area contributed by atoms with E-state index in [9.17, 15) is 19.6 Å². The molecule has 1 saturated heterocycles. The Morgan fingerprint density at radius 3 is 2.50 bits per heavy atom. The monoisotopic (exact) mass is 412 g/mol. The molecule has 0 spiro atoms. The van der Waals surface area contributed by atoms with Crippen molar-refractivity contribution in [2.75, 3.05) is 0 Å². The summed E-state index contributed by atoms with van der Waals surface area (Å²) in [7, 11) is 0. The predicted octanol–water partition coefficient (Wildman–Crippen LogP) is 2.93. The third-order valence-electron chi connectivity index (χ3n) is 6.27. The average molecular weight is 413 g/mol. The number of aromatic nitrogens is 1. The van der Waals surface area contributed by atoms with Crippen LogP contribution in [0.25, 0.3) is 0 Å². The number of hydrogen-bond donors (Lipinski definition) is 3. The van der Waals surface area contributed by atoms with E-state index in [0.717, 1.165) is 24.1 Å². The highest BCUT2D eigenvalue weighted by Crippen LogP contribution is 2.37. The van der Waals surface area contributed by atoms with E-state index in [1.807, 2.05) is 33.8 Å². The molecule has 3 N–H and O–H groups in total. The molecule has 3 atom stereocenters. The summed E-state index contributed by atoms with van der Waals surface area (Å²) in [4.78, 5) is 41.0. The van der Waals surface area contributed by atoms with Gasteiger partial charge in [-0.15, -0.1) is 0 Å². The first-order valence-corrected chi connectivity index (χ1v) is 10.8. The zero-order valence-electron chi connectivity index (χ0n) is 18.3. The predicted molar refractivity (Wildman–Crippen MR) is 113 cm³/mol. The SMILES string of the molecule is Cc1cc(C(=O)CC(CC2CC2)C(=O)NC(C#N)CC2CC(C)(C)NC2=O)[nH]c1C. The van der Waals surface area contributed by atoms with E-state index < -0.39 is 12.0 Å². The Morgan fingerprint density at radius 2 is 2.00 bits per heavy atom. The number of amides is 2. The standard InChI is InChI=1S/C23H32N4O3/c1-13-7-19(25-14(13)2)20(28)10-16(8-15-5-6-15)21(29)26-18(12-24)9-17-11-23(3,4)27-22(17)30/h7,15-18,25H,5-6,8-11H2,1-4H3,(H,26,29)(H,27,30). The van der Waals surface area contributed by atoms with Gasteiger partial charge < -0.3 is 15.6 Å². The molecule has 0 bridgehead atoms. The Labute approximate surface area is 178 Å². The first kappa shape index (κ1) is 22.1. The molecule has 2 amide bonds. The second kappa shape index (κ2) is 8.63. The molecule has 1 aliphatic carbocycles. The number of carbonyl (C=O) groups excluding carboxylic acids is 3. The summed E-state index contributed by atoms with van der Waals surface area (Å²) in [5, 5.41) is 15.3. The molecule has 1 aliphatic heterocycles. The molecular weight excluding hydrogens is 380 g/mol. The molecule has 7 heteroatoms. The summed E-state index contributed by atoms with van der Waals surface area (Å²) in [6.07, 6.45) is 3.86. The van der Waals surface area contributed by atoms with Gasteiger partial charge in [-0.1, -0.05) is 12.8 Å². The number of hydrogen-bond acceptors (Lipinski definition) is 4. The van der Waals surface area contributed by atoms with E-state index >= 15 is 0 Å². The van der Waals surface area contributed by atoms with Gasteiger partial charge in [-0.25, -0.2) is 0 Å². The lowest BCUT2D eigenvalue weighted by atomic mass is 9.90. The van der Waals surface area contributed by atoms with Gasteiger partial charge in [-0.2, -0.15) is 5.26 Å². The first-order chi connectivity index (χ1) is 14.1. The van der Waals surface area contributed by atoms with Gasteiger partial charge in [0.15, 0.2) is 5.78 Å². The van der Waals surface area contributed by atoms with Gasteiger partial charge in [0.25, 0.3) is 0 Å². The quantitative estimate of drug-likeness (QED) is 0.541. The molecule has 2 aliphatic rings. The Kier molecular flexibility index (Phi) is 6.35. The molecule has 1 aromatic rings. The van der Waals surface area contributed by atoms with E-state index in [1.54, 1.807) is 0 Å². The topological polar surface area (TPSA) is 115 Å². The van der Waals surface area contributed by atoms with E-state index in [0.29, 0.717) is 24.5 Å². The number of carbonyl (C=O) groups is 3. The molecule has 2 heterocycles. The minimum Gasteiger partial charge on any atom is -0.356 e. The number of H-pyrrole nitrogens is 1. The van der Waals surface area contributed by atoms with E-state index in [-0.39, 0.29) is 41.9 Å². The number of ketones is 1. The molecule has 0 aromatic carbocycles. The van der Waals surface area contributed by atoms with Crippen LogP contribution in [0.4, 0.5) is 0 Å². The van der Waals surface area contributed by atoms with E-state index in [2.05, 4.69) is 21.7 Å². The second-order valence-corrected chi connectivity index (χ2v) is 9.69. The van der Waals surface area contributed by atoms with Crippen molar-refractivity contribution in [1.82, 2.24) is 15.6 Å². The number of nitrogens with zero attached hydrogens (tertiary/aromatic N) is 1. The van der Waals surface area contributed by atoms with Crippen LogP contribution >= 0.6 is 0 Å². The van der Waals surface area contributed by atoms with Crippen LogP contribution in [0.2, 0.25) is 0 Å². The summed E-state index contributed by atoms with van der Waals surface area (Å²) in [6, 6.07) is 3.20. The Bertz CT molecular complexity index is 856. The number of nitriles is 1. The van der Waals surface area contributed by atoms with Crippen molar-refractivity contribution in [2.24, 2.45) is 17.8 Å². The number of aryl methyl sites for hydroxylation is 2. The van der Waals surface area contributed by atoms with Crippen molar-refractivity contribution in [3.05, 3.63) is 23.0 Å². The molecular formula is C23H32N4O3. The van der Waals surface area contributed by atoms with Crippen molar-refractivity contribution in [1.29, 1.82) is 5.26 Å². The van der Waals surface area contributed by atoms with E-state index in [4.69, 9.17) is 0 Å². The summed E-state index contributed by atoms with van der Waals surface area (Å²) in [6.45, 7) is 7.76. The highest BCUT2D eigenvalue weighted by Gasteiger charge is 2.39. The van der Waals surface area contributed by atoms with Crippen LogP contribution in [0.15, 0.2) is 6.07 Å². The van der Waals surface area contributed by atoms with Crippen molar-refractivity contribution >= 4 is 17.6 Å². The maximum atomic E-state index is 13.0. The van der Waals surface area contributed by atoms with Crippen LogP contribution in [0.1, 0.15) is 74.1 Å². The normalized spacial score (nSPS) is 22.1. The van der Waals surface area contributed by atoms with Crippen LogP contribution in [0.5, 0.6) is 0 Å². The highest BCUT2D eigenvalue weighted by atomic mass is 16.2. The number of nitrogens with one attached hydrogen (secondary N) is 3. The van der Waals surface area contributed by atoms with Crippen molar-refractivity contribution in [2.45, 2.75) is 77.8 Å². The Balaban J connectivity index is 1.63. The van der Waals surface area contributed by atoms with Gasteiger partial charge in [-0.3, -0.25) is 14.4 Å². The third kappa shape index (κ3) is 5.50. The van der Waals surface area contributed by atoms with Gasteiger partial charge in [0.1, 0.15) is 6.04 Å². The fraction of sp³-hybridized carbons (Fsp3) is 0.652. The lowest BCUT2D eigenvalue weighted by molar-refractivity contribution is -0.127. The van der Waals surface area contributed by atoms with Crippen LogP contribution in [0, 0.1) is 42.9 Å². The van der Waals surface area contributed by atoms with Crippen molar-refractivity contribution < 1.29 is 14.4 Å². The minimum atomic E-state index is -0.742. The maximum Gasteiger partial charge on any atom is 0.224 e. The molecule has 0 radical (unpaired) electrons. The molecule has 162 valence electrons. The zero-order valence-corrected chi connectivity index (χ0v) is 18.3. The highest BCUT2D eigenvalue weighted by molar-refractivity contribution is 5.97. The van der Waals surface area contributed by atoms with Crippen molar-refractivity contribution in [3.8, 4) is 6.07 Å². The minimum absolute atomic E-state index is 0.0725. The van der Waals surface area contributed by atoms with Gasteiger partial charge in [0, 0.05) is 29.5 Å². The summed E-state index contributed by atoms with van der Waals surface area (Å²) < 4.78 is 0. The fourth-order valence-electron chi connectivity index (χ4n) is 4.29. The Morgan fingerprint density at radius 1 is 1.30 bits per heavy atom. The van der Waals surface area contributed by atoms with Gasteiger partial charge in [-0.05, 0) is 64.5 Å². The lowest BCUT2D eigenvalue weighted by Crippen LogP contribution is -2.40. The smallest absolute Gasteiger partial charge is 0.224 e. The maximum absolute atomic E-state index is 13.0. The van der Waals surface area contributed by atoms with Gasteiger partial charge in [0.2, 0.25) is 11.8 Å². The fourth-order valence-corrected chi connectivity index (χ4v) is 4.29. The molecule has 7 nitrogen and oxygen atoms in total. The number of aromatic amines is 1. The summed E-state index contributed by atoms with van der Waals surface area (Å²) in [5.41, 5.74) is 2.20. The summed E-state index contributed by atoms with van der Waals surface area (Å²) in [5.74, 6) is -0.701. The summed E-state index contributed by atoms with van der Waals surface area (Å²) >= 11 is 0. The second-order valence-electron chi connectivity index (χ2n) is 9.69. The van der Waals surface area contributed by atoms with Gasteiger partial charge >= 0.3 is 0 Å². The number of Topliss-reactive ketones (excluding diaryl/α,β-unsaturated/α-hetero) is 1. The van der Waals surface area contributed by atoms with Gasteiger partial charge in [0.05, 0.1) is 11.8 Å². The molecule has 3 unspecified atom stereocenters. The first-order valence-electron chi connectivity index (χ1n) is 10.8. The molecule has 1 saturated carbocycles. The number of rotatable bonds is 9. The van der Waals surface area contributed by atoms with Crippen LogP contribution in [-0.2, 0) is 9.59 Å². The molecule has 1 aromatic heterocycles. The average Bonchev–Trinajstić information content (AvgIpc) is 3.36. The van der Waals surface area contributed by atoms with E-state index in [1.165, 1.54) is 0 Å². The van der Waals surface area contributed by atoms with Crippen molar-refractivity contribution in [3.63, 3.8) is 0 Å². The molecule has 2 fully saturated rings. The molecule has 30 heavy (non-hydrogen) atoms.